The summed E-state index contributed by atoms with van der Waals surface area (Å²) >= 11 is 0. The van der Waals surface area contributed by atoms with E-state index in [1.807, 2.05) is 25.7 Å². The second-order valence-corrected chi connectivity index (χ2v) is 10.9. The summed E-state index contributed by atoms with van der Waals surface area (Å²) < 4.78 is 12.0. The number of ether oxygens (including phenoxy) is 2. The molecule has 3 aliphatic rings. The summed E-state index contributed by atoms with van der Waals surface area (Å²) in [5.41, 5.74) is 1.21. The van der Waals surface area contributed by atoms with Crippen LogP contribution in [0.4, 0.5) is 4.79 Å². The Morgan fingerprint density at radius 1 is 1.19 bits per heavy atom. The van der Waals surface area contributed by atoms with Gasteiger partial charge in [-0.25, -0.2) is 4.79 Å². The molecule has 1 amide bonds. The summed E-state index contributed by atoms with van der Waals surface area (Å²) in [7, 11) is 0. The van der Waals surface area contributed by atoms with Crippen molar-refractivity contribution >= 4 is 6.09 Å². The zero-order valence-corrected chi connectivity index (χ0v) is 19.6. The molecule has 2 atom stereocenters. The van der Waals surface area contributed by atoms with Crippen molar-refractivity contribution in [2.75, 3.05) is 26.2 Å². The van der Waals surface area contributed by atoms with Crippen LogP contribution in [0.3, 0.4) is 0 Å². The molecule has 0 unspecified atom stereocenters. The number of benzene rings is 1. The van der Waals surface area contributed by atoms with Crippen molar-refractivity contribution < 1.29 is 14.3 Å². The number of nitrogens with zero attached hydrogens (tertiary/aromatic N) is 2. The van der Waals surface area contributed by atoms with Crippen LogP contribution in [-0.4, -0.2) is 53.8 Å². The number of hydrogen-bond donors (Lipinski definition) is 0. The molecule has 1 spiro atoms. The highest BCUT2D eigenvalue weighted by Crippen LogP contribution is 2.47. The lowest BCUT2D eigenvalue weighted by Gasteiger charge is -2.54. The number of amides is 1. The van der Waals surface area contributed by atoms with Crippen molar-refractivity contribution in [3.63, 3.8) is 0 Å². The highest BCUT2D eigenvalue weighted by atomic mass is 16.6. The third kappa shape index (κ3) is 5.62. The van der Waals surface area contributed by atoms with Gasteiger partial charge in [0.15, 0.2) is 0 Å². The Hall–Kier alpha value is -2.01. The van der Waals surface area contributed by atoms with Crippen LogP contribution in [0.25, 0.3) is 0 Å². The van der Waals surface area contributed by atoms with Gasteiger partial charge in [0, 0.05) is 44.6 Å². The smallest absolute Gasteiger partial charge is 0.410 e. The van der Waals surface area contributed by atoms with E-state index < -0.39 is 5.60 Å². The summed E-state index contributed by atoms with van der Waals surface area (Å²) in [5, 5.41) is 0. The van der Waals surface area contributed by atoms with Crippen molar-refractivity contribution in [3.05, 3.63) is 47.7 Å². The fourth-order valence-corrected chi connectivity index (χ4v) is 5.31. The molecule has 1 aromatic rings. The molecule has 0 bridgehead atoms. The highest BCUT2D eigenvalue weighted by molar-refractivity contribution is 5.69. The summed E-state index contributed by atoms with van der Waals surface area (Å²) in [6.45, 7) is 12.8. The van der Waals surface area contributed by atoms with Crippen LogP contribution in [0.15, 0.2) is 42.2 Å². The van der Waals surface area contributed by atoms with Gasteiger partial charge < -0.3 is 14.4 Å². The van der Waals surface area contributed by atoms with E-state index in [4.69, 9.17) is 9.47 Å². The molecule has 1 aliphatic carbocycles. The van der Waals surface area contributed by atoms with E-state index in [1.54, 1.807) is 0 Å². The standard InChI is InChI=1S/C26H38N2O3/c1-20-16-26(18-28(19-26)24(29)31-25(2,3)4)13-10-23(20)30-22-11-14-27(15-12-22)17-21-8-6-5-7-9-21/h5-9,11,20,23H,10,12-19H2,1-4H3/t20-,23+/m1/s1. The number of rotatable bonds is 4. The fraction of sp³-hybridized carbons (Fsp3) is 0.654. The molecule has 0 N–H and O–H groups in total. The number of likely N-dealkylation sites (tertiary alicyclic amines) is 1. The van der Waals surface area contributed by atoms with Crippen LogP contribution >= 0.6 is 0 Å². The van der Waals surface area contributed by atoms with Gasteiger partial charge in [0.05, 0.1) is 5.76 Å². The van der Waals surface area contributed by atoms with Crippen molar-refractivity contribution in [2.45, 2.75) is 71.6 Å². The van der Waals surface area contributed by atoms with E-state index in [2.05, 4.69) is 48.2 Å². The van der Waals surface area contributed by atoms with Gasteiger partial charge >= 0.3 is 6.09 Å². The average molecular weight is 427 g/mol. The predicted octanol–water partition coefficient (Wildman–Crippen LogP) is 5.22. The molecule has 170 valence electrons. The maximum atomic E-state index is 12.3. The third-order valence-corrected chi connectivity index (χ3v) is 6.86. The number of carbonyl (C=O) groups is 1. The van der Waals surface area contributed by atoms with E-state index in [1.165, 1.54) is 11.3 Å². The molecule has 2 heterocycles. The van der Waals surface area contributed by atoms with E-state index in [0.717, 1.165) is 58.4 Å². The molecule has 5 nitrogen and oxygen atoms in total. The molecular formula is C26H38N2O3. The van der Waals surface area contributed by atoms with Crippen LogP contribution in [0.2, 0.25) is 0 Å². The van der Waals surface area contributed by atoms with Gasteiger partial charge in [-0.15, -0.1) is 0 Å². The second kappa shape index (κ2) is 8.85. The Morgan fingerprint density at radius 3 is 2.55 bits per heavy atom. The lowest BCUT2D eigenvalue weighted by atomic mass is 9.64. The predicted molar refractivity (Wildman–Crippen MR) is 123 cm³/mol. The lowest BCUT2D eigenvalue weighted by molar-refractivity contribution is -0.0869. The number of carbonyl (C=O) groups excluding carboxylic acids is 1. The third-order valence-electron chi connectivity index (χ3n) is 6.86. The van der Waals surface area contributed by atoms with Gasteiger partial charge in [0.1, 0.15) is 11.7 Å². The summed E-state index contributed by atoms with van der Waals surface area (Å²) in [5.74, 6) is 1.68. The Morgan fingerprint density at radius 2 is 1.94 bits per heavy atom. The highest BCUT2D eigenvalue weighted by Gasteiger charge is 2.50. The van der Waals surface area contributed by atoms with Crippen molar-refractivity contribution in [1.82, 2.24) is 9.80 Å². The SMILES string of the molecule is C[C@@H]1CC2(CC[C@@H]1OC1=CCN(Cc3ccccc3)CC1)CN(C(=O)OC(C)(C)C)C2. The topological polar surface area (TPSA) is 42.0 Å². The Bertz CT molecular complexity index is 793. The van der Waals surface area contributed by atoms with E-state index in [-0.39, 0.29) is 11.5 Å². The largest absolute Gasteiger partial charge is 0.495 e. The Labute approximate surface area is 187 Å². The molecule has 5 heteroatoms. The first kappa shape index (κ1) is 22.2. The fourth-order valence-electron chi connectivity index (χ4n) is 5.31. The maximum absolute atomic E-state index is 12.3. The zero-order valence-electron chi connectivity index (χ0n) is 19.6. The first-order chi connectivity index (χ1) is 14.7. The van der Waals surface area contributed by atoms with E-state index in [9.17, 15) is 4.79 Å². The normalized spacial score (nSPS) is 26.2. The van der Waals surface area contributed by atoms with Crippen LogP contribution in [0.1, 0.15) is 58.9 Å². The van der Waals surface area contributed by atoms with Gasteiger partial charge in [-0.1, -0.05) is 37.3 Å². The zero-order chi connectivity index (χ0) is 22.1. The van der Waals surface area contributed by atoms with Crippen molar-refractivity contribution in [1.29, 1.82) is 0 Å². The van der Waals surface area contributed by atoms with Crippen LogP contribution in [0.5, 0.6) is 0 Å². The minimum Gasteiger partial charge on any atom is -0.495 e. The minimum absolute atomic E-state index is 0.170. The summed E-state index contributed by atoms with van der Waals surface area (Å²) in [6.07, 6.45) is 6.74. The molecule has 1 saturated heterocycles. The molecule has 1 saturated carbocycles. The summed E-state index contributed by atoms with van der Waals surface area (Å²) in [4.78, 5) is 16.6. The van der Waals surface area contributed by atoms with Gasteiger partial charge in [0.2, 0.25) is 0 Å². The number of hydrogen-bond acceptors (Lipinski definition) is 4. The molecule has 2 aliphatic heterocycles. The maximum Gasteiger partial charge on any atom is 0.410 e. The van der Waals surface area contributed by atoms with Gasteiger partial charge in [-0.3, -0.25) is 4.90 Å². The quantitative estimate of drug-likeness (QED) is 0.662. The average Bonchev–Trinajstić information content (AvgIpc) is 2.68. The van der Waals surface area contributed by atoms with Gasteiger partial charge in [0.25, 0.3) is 0 Å². The Balaban J connectivity index is 1.22. The molecular weight excluding hydrogens is 388 g/mol. The van der Waals surface area contributed by atoms with Crippen LogP contribution < -0.4 is 0 Å². The Kier molecular flexibility index (Phi) is 6.34. The molecule has 1 aromatic carbocycles. The molecule has 0 aromatic heterocycles. The van der Waals surface area contributed by atoms with Crippen molar-refractivity contribution in [3.8, 4) is 0 Å². The van der Waals surface area contributed by atoms with Gasteiger partial charge in [-0.2, -0.15) is 0 Å². The first-order valence-electron chi connectivity index (χ1n) is 11.8. The van der Waals surface area contributed by atoms with E-state index >= 15 is 0 Å². The molecule has 4 rings (SSSR count). The second-order valence-electron chi connectivity index (χ2n) is 10.9. The van der Waals surface area contributed by atoms with Gasteiger partial charge in [-0.05, 0) is 57.6 Å². The molecule has 2 fully saturated rings. The van der Waals surface area contributed by atoms with Crippen molar-refractivity contribution in [2.24, 2.45) is 11.3 Å². The minimum atomic E-state index is -0.428. The monoisotopic (exact) mass is 426 g/mol. The first-order valence-corrected chi connectivity index (χ1v) is 11.8. The summed E-state index contributed by atoms with van der Waals surface area (Å²) in [6, 6.07) is 10.7. The van der Waals surface area contributed by atoms with E-state index in [0.29, 0.717) is 12.0 Å². The lowest BCUT2D eigenvalue weighted by Crippen LogP contribution is -2.61. The molecule has 31 heavy (non-hydrogen) atoms. The van der Waals surface area contributed by atoms with Crippen LogP contribution in [-0.2, 0) is 16.0 Å². The molecule has 0 radical (unpaired) electrons. The van der Waals surface area contributed by atoms with Crippen LogP contribution in [0, 0.1) is 11.3 Å².